The highest BCUT2D eigenvalue weighted by molar-refractivity contribution is 7.80. The second-order valence-electron chi connectivity index (χ2n) is 5.64. The van der Waals surface area contributed by atoms with E-state index in [2.05, 4.69) is 15.8 Å². The highest BCUT2D eigenvalue weighted by atomic mass is 32.1. The van der Waals surface area contributed by atoms with Crippen molar-refractivity contribution in [3.8, 4) is 11.5 Å². The Balaban J connectivity index is 1.88. The summed E-state index contributed by atoms with van der Waals surface area (Å²) in [4.78, 5) is 0. The first kappa shape index (κ1) is 18.4. The molecule has 0 saturated carbocycles. The van der Waals surface area contributed by atoms with Crippen molar-refractivity contribution < 1.29 is 9.84 Å². The second kappa shape index (κ2) is 8.82. The number of hydrazone groups is 1. The first-order valence-electron chi connectivity index (χ1n) is 8.30. The lowest BCUT2D eigenvalue weighted by Gasteiger charge is -2.12. The summed E-state index contributed by atoms with van der Waals surface area (Å²) >= 11 is 5.31. The van der Waals surface area contributed by atoms with Crippen LogP contribution in [0.4, 0.5) is 5.69 Å². The van der Waals surface area contributed by atoms with Gasteiger partial charge in [-0.3, -0.25) is 5.43 Å². The molecule has 6 heteroatoms. The van der Waals surface area contributed by atoms with Crippen LogP contribution in [0.25, 0.3) is 0 Å². The largest absolute Gasteiger partial charge is 0.507 e. The van der Waals surface area contributed by atoms with Crippen LogP contribution in [0.2, 0.25) is 0 Å². The molecule has 0 aromatic heterocycles. The van der Waals surface area contributed by atoms with Crippen molar-refractivity contribution in [2.45, 2.75) is 0 Å². The van der Waals surface area contributed by atoms with Crippen LogP contribution in [-0.4, -0.2) is 23.0 Å². The molecule has 0 aliphatic rings. The monoisotopic (exact) mass is 377 g/mol. The van der Waals surface area contributed by atoms with Crippen molar-refractivity contribution in [1.82, 2.24) is 5.43 Å². The van der Waals surface area contributed by atoms with Crippen LogP contribution in [0, 0.1) is 0 Å². The van der Waals surface area contributed by atoms with E-state index in [1.165, 1.54) is 0 Å². The van der Waals surface area contributed by atoms with Gasteiger partial charge in [-0.25, -0.2) is 0 Å². The molecule has 0 radical (unpaired) electrons. The first-order chi connectivity index (χ1) is 13.2. The van der Waals surface area contributed by atoms with Crippen LogP contribution in [0.5, 0.6) is 11.5 Å². The summed E-state index contributed by atoms with van der Waals surface area (Å²) in [6.07, 6.45) is 0. The van der Waals surface area contributed by atoms with E-state index in [4.69, 9.17) is 17.0 Å². The molecule has 0 spiro atoms. The fraction of sp³-hybridized carbons (Fsp3) is 0.0476. The highest BCUT2D eigenvalue weighted by Gasteiger charge is 2.13. The molecule has 0 fully saturated rings. The Morgan fingerprint density at radius 3 is 2.26 bits per heavy atom. The molecule has 0 atom stereocenters. The van der Waals surface area contributed by atoms with Gasteiger partial charge < -0.3 is 15.2 Å². The van der Waals surface area contributed by atoms with Crippen molar-refractivity contribution in [3.05, 3.63) is 90.0 Å². The number of methoxy groups -OCH3 is 1. The van der Waals surface area contributed by atoms with Gasteiger partial charge in [-0.1, -0.05) is 48.5 Å². The number of phenols is 1. The maximum Gasteiger partial charge on any atom is 0.191 e. The Kier molecular flexibility index (Phi) is 6.02. The predicted octanol–water partition coefficient (Wildman–Crippen LogP) is 4.14. The minimum atomic E-state index is 0.0701. The minimum absolute atomic E-state index is 0.0701. The van der Waals surface area contributed by atoms with Gasteiger partial charge in [-0.2, -0.15) is 5.10 Å². The standard InChI is InChI=1S/C21H19N3O2S/c1-26-17-12-13-18(19(25)14-17)20(15-8-4-2-5-9-15)23-24-21(27)22-16-10-6-3-7-11-16/h2-14,25H,1H3,(H2,22,24,27)/b23-20+. The molecule has 0 heterocycles. The van der Waals surface area contributed by atoms with E-state index in [0.29, 0.717) is 22.1 Å². The number of aromatic hydroxyl groups is 1. The second-order valence-corrected chi connectivity index (χ2v) is 6.05. The molecular formula is C21H19N3O2S. The van der Waals surface area contributed by atoms with Crippen molar-refractivity contribution in [2.24, 2.45) is 5.10 Å². The van der Waals surface area contributed by atoms with Crippen molar-refractivity contribution in [2.75, 3.05) is 12.4 Å². The van der Waals surface area contributed by atoms with Crippen LogP contribution in [-0.2, 0) is 0 Å². The van der Waals surface area contributed by atoms with Crippen molar-refractivity contribution in [1.29, 1.82) is 0 Å². The van der Waals surface area contributed by atoms with Crippen LogP contribution in [0.15, 0.2) is 84.0 Å². The molecule has 3 aromatic carbocycles. The lowest BCUT2D eigenvalue weighted by atomic mass is 10.0. The van der Waals surface area contributed by atoms with Gasteiger partial charge >= 0.3 is 0 Å². The summed E-state index contributed by atoms with van der Waals surface area (Å²) in [5.41, 5.74) is 5.68. The number of hydrogen-bond donors (Lipinski definition) is 3. The number of nitrogens with zero attached hydrogens (tertiary/aromatic N) is 1. The van der Waals surface area contributed by atoms with Gasteiger partial charge in [0.25, 0.3) is 0 Å². The van der Waals surface area contributed by atoms with Gasteiger partial charge in [0.05, 0.1) is 7.11 Å². The number of phenolic OH excluding ortho intramolecular Hbond substituents is 1. The van der Waals surface area contributed by atoms with E-state index < -0.39 is 0 Å². The Bertz CT molecular complexity index is 944. The zero-order valence-corrected chi connectivity index (χ0v) is 15.5. The quantitative estimate of drug-likeness (QED) is 0.354. The molecular weight excluding hydrogens is 358 g/mol. The average Bonchev–Trinajstić information content (AvgIpc) is 2.70. The number of benzene rings is 3. The zero-order chi connectivity index (χ0) is 19.1. The summed E-state index contributed by atoms with van der Waals surface area (Å²) in [7, 11) is 1.55. The molecule has 0 unspecified atom stereocenters. The Morgan fingerprint density at radius 2 is 1.63 bits per heavy atom. The lowest BCUT2D eigenvalue weighted by Crippen LogP contribution is -2.25. The summed E-state index contributed by atoms with van der Waals surface area (Å²) in [5, 5.41) is 18.3. The Hall–Kier alpha value is -3.38. The van der Waals surface area contributed by atoms with Crippen LogP contribution in [0.1, 0.15) is 11.1 Å². The maximum atomic E-state index is 10.4. The lowest BCUT2D eigenvalue weighted by molar-refractivity contribution is 0.407. The normalized spacial score (nSPS) is 10.9. The van der Waals surface area contributed by atoms with Gasteiger partial charge in [0, 0.05) is 22.9 Å². The van der Waals surface area contributed by atoms with Crippen LogP contribution >= 0.6 is 12.2 Å². The third-order valence-electron chi connectivity index (χ3n) is 3.81. The van der Waals surface area contributed by atoms with Gasteiger partial charge in [0.15, 0.2) is 5.11 Å². The zero-order valence-electron chi connectivity index (χ0n) is 14.7. The molecule has 3 N–H and O–H groups in total. The number of anilines is 1. The third-order valence-corrected chi connectivity index (χ3v) is 4.00. The van der Waals surface area contributed by atoms with Gasteiger partial charge in [-0.05, 0) is 36.5 Å². The number of rotatable bonds is 5. The van der Waals surface area contributed by atoms with Crippen LogP contribution < -0.4 is 15.5 Å². The van der Waals surface area contributed by atoms with Gasteiger partial charge in [0.2, 0.25) is 0 Å². The fourth-order valence-electron chi connectivity index (χ4n) is 2.50. The highest BCUT2D eigenvalue weighted by Crippen LogP contribution is 2.26. The molecule has 0 aliphatic heterocycles. The molecule has 3 rings (SSSR count). The van der Waals surface area contributed by atoms with Crippen molar-refractivity contribution in [3.63, 3.8) is 0 Å². The van der Waals surface area contributed by atoms with E-state index >= 15 is 0 Å². The number of hydrogen-bond acceptors (Lipinski definition) is 4. The molecule has 136 valence electrons. The molecule has 5 nitrogen and oxygen atoms in total. The third kappa shape index (κ3) is 4.83. The average molecular weight is 377 g/mol. The Morgan fingerprint density at radius 1 is 0.963 bits per heavy atom. The topological polar surface area (TPSA) is 65.9 Å². The van der Waals surface area contributed by atoms with E-state index in [0.717, 1.165) is 11.3 Å². The summed E-state index contributed by atoms with van der Waals surface area (Å²) in [6, 6.07) is 24.2. The van der Waals surface area contributed by atoms with Gasteiger partial charge in [-0.15, -0.1) is 0 Å². The van der Waals surface area contributed by atoms with E-state index in [1.54, 1.807) is 25.3 Å². The summed E-state index contributed by atoms with van der Waals surface area (Å²) in [6.45, 7) is 0. The number of para-hydroxylation sites is 1. The molecule has 0 saturated heterocycles. The smallest absolute Gasteiger partial charge is 0.191 e. The first-order valence-corrected chi connectivity index (χ1v) is 8.70. The fourth-order valence-corrected chi connectivity index (χ4v) is 2.67. The number of thiocarbonyl (C=S) groups is 1. The SMILES string of the molecule is COc1ccc(/C(=N/NC(=S)Nc2ccccc2)c2ccccc2)c(O)c1. The number of nitrogens with one attached hydrogen (secondary N) is 2. The van der Waals surface area contributed by atoms with Crippen LogP contribution in [0.3, 0.4) is 0 Å². The Labute approximate surface area is 163 Å². The molecule has 3 aromatic rings. The van der Waals surface area contributed by atoms with Gasteiger partial charge in [0.1, 0.15) is 17.2 Å². The molecule has 0 bridgehead atoms. The van der Waals surface area contributed by atoms with E-state index in [1.807, 2.05) is 60.7 Å². The summed E-state index contributed by atoms with van der Waals surface area (Å²) in [5.74, 6) is 0.638. The number of ether oxygens (including phenoxy) is 1. The van der Waals surface area contributed by atoms with E-state index in [9.17, 15) is 5.11 Å². The maximum absolute atomic E-state index is 10.4. The van der Waals surface area contributed by atoms with E-state index in [-0.39, 0.29) is 5.75 Å². The molecule has 0 aliphatic carbocycles. The molecule has 0 amide bonds. The predicted molar refractivity (Wildman–Crippen MR) is 113 cm³/mol. The summed E-state index contributed by atoms with van der Waals surface area (Å²) < 4.78 is 5.15. The molecule has 27 heavy (non-hydrogen) atoms. The minimum Gasteiger partial charge on any atom is -0.507 e. The van der Waals surface area contributed by atoms with Crippen molar-refractivity contribution >= 4 is 28.7 Å².